The first kappa shape index (κ1) is 15.2. The van der Waals surface area contributed by atoms with Gasteiger partial charge in [-0.25, -0.2) is 0 Å². The second-order valence-corrected chi connectivity index (χ2v) is 14.6. The summed E-state index contributed by atoms with van der Waals surface area (Å²) in [5, 5.41) is 1.70. The molecule has 0 atom stereocenters. The molecule has 22 heavy (non-hydrogen) atoms. The Balaban J connectivity index is 2.02. The maximum atomic E-state index is 13.2. The van der Waals surface area contributed by atoms with E-state index in [-0.39, 0.29) is 9.23 Å². The molecular formula is C19H20GeO2. The first-order chi connectivity index (χ1) is 10.7. The fraction of sp³-hybridized carbons (Fsp3) is 0.263. The first-order valence-corrected chi connectivity index (χ1v) is 13.0. The van der Waals surface area contributed by atoms with Crippen molar-refractivity contribution in [2.24, 2.45) is 0 Å². The van der Waals surface area contributed by atoms with Crippen LogP contribution >= 0.6 is 0 Å². The van der Waals surface area contributed by atoms with Crippen molar-refractivity contribution in [3.63, 3.8) is 0 Å². The van der Waals surface area contributed by atoms with Gasteiger partial charge < -0.3 is 0 Å². The summed E-state index contributed by atoms with van der Waals surface area (Å²) in [6.45, 7) is 0. The zero-order valence-electron chi connectivity index (χ0n) is 12.6. The Kier molecular flexibility index (Phi) is 4.58. The van der Waals surface area contributed by atoms with Gasteiger partial charge in [0.25, 0.3) is 0 Å². The molecule has 0 unspecified atom stereocenters. The van der Waals surface area contributed by atoms with Crippen molar-refractivity contribution in [2.45, 2.75) is 29.8 Å². The third kappa shape index (κ3) is 2.80. The van der Waals surface area contributed by atoms with Gasteiger partial charge in [0.1, 0.15) is 0 Å². The second-order valence-electron chi connectivity index (χ2n) is 6.03. The van der Waals surface area contributed by atoms with E-state index in [0.717, 1.165) is 40.9 Å². The van der Waals surface area contributed by atoms with Gasteiger partial charge in [-0.1, -0.05) is 0 Å². The number of benzene rings is 2. The average Bonchev–Trinajstić information content (AvgIpc) is 2.62. The van der Waals surface area contributed by atoms with Crippen molar-refractivity contribution < 1.29 is 9.59 Å². The summed E-state index contributed by atoms with van der Waals surface area (Å²) in [4.78, 5) is 26.4. The predicted molar refractivity (Wildman–Crippen MR) is 90.8 cm³/mol. The second kappa shape index (κ2) is 6.61. The maximum absolute atomic E-state index is 13.2. The third-order valence-electron chi connectivity index (χ3n) is 4.65. The molecule has 0 radical (unpaired) electrons. The fourth-order valence-corrected chi connectivity index (χ4v) is 12.9. The molecule has 0 N–H and O–H groups in total. The van der Waals surface area contributed by atoms with Crippen LogP contribution < -0.4 is 0 Å². The van der Waals surface area contributed by atoms with E-state index in [0.29, 0.717) is 0 Å². The summed E-state index contributed by atoms with van der Waals surface area (Å²) in [5.74, 6) is 0. The minimum atomic E-state index is -3.27. The Labute approximate surface area is 133 Å². The van der Waals surface area contributed by atoms with Crippen LogP contribution in [0, 0.1) is 0 Å². The fourth-order valence-electron chi connectivity index (χ4n) is 3.44. The van der Waals surface area contributed by atoms with Crippen LogP contribution in [0.3, 0.4) is 0 Å². The quantitative estimate of drug-likeness (QED) is 0.761. The monoisotopic (exact) mass is 354 g/mol. The molecule has 1 aliphatic heterocycles. The first-order valence-electron chi connectivity index (χ1n) is 7.94. The molecule has 112 valence electrons. The number of hydrogen-bond acceptors (Lipinski definition) is 2. The zero-order valence-corrected chi connectivity index (χ0v) is 14.7. The number of hydrogen-bond donors (Lipinski definition) is 0. The van der Waals surface area contributed by atoms with Gasteiger partial charge in [-0.15, -0.1) is 0 Å². The van der Waals surface area contributed by atoms with Gasteiger partial charge in [-0.05, 0) is 0 Å². The molecule has 0 bridgehead atoms. The van der Waals surface area contributed by atoms with Crippen molar-refractivity contribution in [1.29, 1.82) is 0 Å². The van der Waals surface area contributed by atoms with Crippen LogP contribution in [0.1, 0.15) is 40.0 Å². The van der Waals surface area contributed by atoms with Crippen molar-refractivity contribution in [2.75, 3.05) is 0 Å². The van der Waals surface area contributed by atoms with Crippen LogP contribution in [0.5, 0.6) is 0 Å². The van der Waals surface area contributed by atoms with Crippen LogP contribution in [-0.4, -0.2) is 22.5 Å². The summed E-state index contributed by atoms with van der Waals surface area (Å²) in [6.07, 6.45) is 3.20. The van der Waals surface area contributed by atoms with E-state index in [9.17, 15) is 9.59 Å². The van der Waals surface area contributed by atoms with E-state index >= 15 is 0 Å². The van der Waals surface area contributed by atoms with Crippen LogP contribution in [0.2, 0.25) is 10.5 Å². The molecule has 1 aliphatic rings. The van der Waals surface area contributed by atoms with Crippen molar-refractivity contribution in [3.05, 3.63) is 71.8 Å². The Morgan fingerprint density at radius 2 is 1.05 bits per heavy atom. The van der Waals surface area contributed by atoms with Crippen molar-refractivity contribution in [1.82, 2.24) is 0 Å². The summed E-state index contributed by atoms with van der Waals surface area (Å²) in [5.41, 5.74) is 1.46. The molecule has 0 aromatic heterocycles. The molecule has 1 saturated heterocycles. The number of rotatable bonds is 4. The van der Waals surface area contributed by atoms with E-state index in [1.165, 1.54) is 0 Å². The van der Waals surface area contributed by atoms with E-state index < -0.39 is 13.3 Å². The Morgan fingerprint density at radius 3 is 1.45 bits per heavy atom. The molecule has 0 aliphatic carbocycles. The van der Waals surface area contributed by atoms with Crippen LogP contribution in [-0.2, 0) is 0 Å². The molecule has 1 heterocycles. The molecule has 2 aromatic carbocycles. The van der Waals surface area contributed by atoms with Gasteiger partial charge >= 0.3 is 134 Å². The topological polar surface area (TPSA) is 34.1 Å². The van der Waals surface area contributed by atoms with Gasteiger partial charge in [0, 0.05) is 0 Å². The number of carbonyl (C=O) groups excluding carboxylic acids is 2. The van der Waals surface area contributed by atoms with Crippen LogP contribution in [0.4, 0.5) is 0 Å². The van der Waals surface area contributed by atoms with Gasteiger partial charge in [0.15, 0.2) is 0 Å². The number of carbonyl (C=O) groups is 2. The third-order valence-corrected chi connectivity index (χ3v) is 14.6. The van der Waals surface area contributed by atoms with Crippen molar-refractivity contribution in [3.8, 4) is 0 Å². The summed E-state index contributed by atoms with van der Waals surface area (Å²) >= 11 is -3.27. The molecule has 1 fully saturated rings. The molecule has 0 amide bonds. The Bertz CT molecular complexity index is 605. The van der Waals surface area contributed by atoms with E-state index in [4.69, 9.17) is 0 Å². The minimum absolute atomic E-state index is 0.175. The summed E-state index contributed by atoms with van der Waals surface area (Å²) < 4.78 is 0.350. The van der Waals surface area contributed by atoms with Gasteiger partial charge in [0.05, 0.1) is 0 Å². The molecule has 2 nitrogen and oxygen atoms in total. The normalized spacial score (nSPS) is 16.9. The van der Waals surface area contributed by atoms with Gasteiger partial charge in [0.2, 0.25) is 0 Å². The Hall–Kier alpha value is -1.68. The SMILES string of the molecule is O=[C](c1ccccc1)[Ge]1([C](=O)c2ccccc2)[CH2]CCC[CH2]1. The van der Waals surface area contributed by atoms with E-state index in [2.05, 4.69) is 0 Å². The molecule has 0 saturated carbocycles. The molecular weight excluding hydrogens is 333 g/mol. The molecule has 3 rings (SSSR count). The zero-order chi connectivity index (χ0) is 15.4. The van der Waals surface area contributed by atoms with Crippen molar-refractivity contribution >= 4 is 22.5 Å². The van der Waals surface area contributed by atoms with Gasteiger partial charge in [-0.2, -0.15) is 0 Å². The average molecular weight is 353 g/mol. The summed E-state index contributed by atoms with van der Waals surface area (Å²) in [6, 6.07) is 18.8. The van der Waals surface area contributed by atoms with E-state index in [1.54, 1.807) is 0 Å². The summed E-state index contributed by atoms with van der Waals surface area (Å²) in [7, 11) is 0. The van der Waals surface area contributed by atoms with E-state index in [1.807, 2.05) is 60.7 Å². The molecule has 3 heteroatoms. The van der Waals surface area contributed by atoms with Gasteiger partial charge in [-0.3, -0.25) is 0 Å². The van der Waals surface area contributed by atoms with Crippen LogP contribution in [0.25, 0.3) is 0 Å². The predicted octanol–water partition coefficient (Wildman–Crippen LogP) is 4.46. The standard InChI is InChI=1S/C19H20GeO2/c21-18(16-10-4-1-5-11-16)20(14-8-3-9-15-20)19(22)17-12-6-2-7-13-17/h1-2,4-7,10-13H,3,8-9,14-15H2. The molecule has 0 spiro atoms. The van der Waals surface area contributed by atoms with Crippen LogP contribution in [0.15, 0.2) is 60.7 Å². The Morgan fingerprint density at radius 1 is 0.636 bits per heavy atom. The molecule has 2 aromatic rings.